The molecule has 1 aromatic rings. The van der Waals surface area contributed by atoms with Crippen LogP contribution in [0.5, 0.6) is 0 Å². The Hall–Kier alpha value is -1.82. The zero-order valence-corrected chi connectivity index (χ0v) is 15.3. The van der Waals surface area contributed by atoms with Crippen molar-refractivity contribution in [2.45, 2.75) is 40.2 Å². The minimum absolute atomic E-state index is 0.647. The number of piperidine rings is 1. The zero-order valence-electron chi connectivity index (χ0n) is 15.3. The molecule has 6 heteroatoms. The number of aliphatic imine (C=N–C) groups is 1. The maximum absolute atomic E-state index is 5.69. The highest BCUT2D eigenvalue weighted by molar-refractivity contribution is 5.79. The first-order chi connectivity index (χ1) is 11.6. The molecule has 1 fully saturated rings. The van der Waals surface area contributed by atoms with Crippen molar-refractivity contribution in [2.24, 2.45) is 10.9 Å². The monoisotopic (exact) mass is 333 g/mol. The van der Waals surface area contributed by atoms with Crippen molar-refractivity contribution in [2.75, 3.05) is 32.7 Å². The maximum Gasteiger partial charge on any atom is 0.208 e. The van der Waals surface area contributed by atoms with Crippen LogP contribution in [0.15, 0.2) is 22.1 Å². The fourth-order valence-electron chi connectivity index (χ4n) is 2.86. The largest absolute Gasteiger partial charge is 0.444 e. The molecule has 2 rings (SSSR count). The number of hydrogen-bond acceptors (Lipinski definition) is 4. The van der Waals surface area contributed by atoms with Crippen molar-refractivity contribution in [1.29, 1.82) is 0 Å². The molecule has 0 radical (unpaired) electrons. The van der Waals surface area contributed by atoms with Crippen molar-refractivity contribution in [1.82, 2.24) is 20.5 Å². The lowest BCUT2D eigenvalue weighted by molar-refractivity contribution is 0.166. The van der Waals surface area contributed by atoms with Gasteiger partial charge in [0.1, 0.15) is 5.76 Å². The molecule has 0 atom stereocenters. The molecule has 0 amide bonds. The average molecular weight is 333 g/mol. The van der Waals surface area contributed by atoms with E-state index in [0.29, 0.717) is 5.92 Å². The molecule has 24 heavy (non-hydrogen) atoms. The first kappa shape index (κ1) is 18.5. The van der Waals surface area contributed by atoms with Gasteiger partial charge in [0.15, 0.2) is 5.96 Å². The van der Waals surface area contributed by atoms with Gasteiger partial charge in [-0.05, 0) is 52.6 Å². The van der Waals surface area contributed by atoms with Gasteiger partial charge >= 0.3 is 0 Å². The normalized spacial score (nSPS) is 17.0. The first-order valence-electron chi connectivity index (χ1n) is 8.90. The Morgan fingerprint density at radius 1 is 1.38 bits per heavy atom. The quantitative estimate of drug-likeness (QED) is 0.455. The predicted molar refractivity (Wildman–Crippen MR) is 98.2 cm³/mol. The van der Waals surface area contributed by atoms with Gasteiger partial charge in [-0.1, -0.05) is 6.08 Å². The number of likely N-dealkylation sites (tertiary alicyclic amines) is 1. The second kappa shape index (κ2) is 9.47. The molecule has 0 spiro atoms. The predicted octanol–water partition coefficient (Wildman–Crippen LogP) is 2.24. The SMILES string of the molecule is C=CCNC(=NCC1CCN(Cc2nc(C)c(C)o2)CC1)NCC. The maximum atomic E-state index is 5.69. The Labute approximate surface area is 145 Å². The van der Waals surface area contributed by atoms with E-state index < -0.39 is 0 Å². The summed E-state index contributed by atoms with van der Waals surface area (Å²) in [5, 5.41) is 6.51. The molecule has 0 saturated carbocycles. The van der Waals surface area contributed by atoms with E-state index >= 15 is 0 Å². The summed E-state index contributed by atoms with van der Waals surface area (Å²) >= 11 is 0. The number of oxazole rings is 1. The number of nitrogens with zero attached hydrogens (tertiary/aromatic N) is 3. The van der Waals surface area contributed by atoms with Gasteiger partial charge in [-0.25, -0.2) is 4.98 Å². The lowest BCUT2D eigenvalue weighted by Gasteiger charge is -2.30. The van der Waals surface area contributed by atoms with Crippen LogP contribution in [0, 0.1) is 19.8 Å². The molecule has 6 nitrogen and oxygen atoms in total. The molecule has 0 aliphatic carbocycles. The van der Waals surface area contributed by atoms with Crippen LogP contribution in [0.25, 0.3) is 0 Å². The molecule has 0 aromatic carbocycles. The molecule has 0 bridgehead atoms. The van der Waals surface area contributed by atoms with Crippen LogP contribution in [0.3, 0.4) is 0 Å². The van der Waals surface area contributed by atoms with Gasteiger partial charge < -0.3 is 15.1 Å². The summed E-state index contributed by atoms with van der Waals surface area (Å²) < 4.78 is 5.69. The van der Waals surface area contributed by atoms with E-state index in [0.717, 1.165) is 62.6 Å². The summed E-state index contributed by atoms with van der Waals surface area (Å²) in [7, 11) is 0. The highest BCUT2D eigenvalue weighted by Gasteiger charge is 2.20. The van der Waals surface area contributed by atoms with Gasteiger partial charge in [0, 0.05) is 19.6 Å². The summed E-state index contributed by atoms with van der Waals surface area (Å²) in [5.41, 5.74) is 0.997. The number of aryl methyl sites for hydroxylation is 2. The zero-order chi connectivity index (χ0) is 17.4. The topological polar surface area (TPSA) is 65.7 Å². The van der Waals surface area contributed by atoms with Crippen molar-refractivity contribution in [3.8, 4) is 0 Å². The molecule has 1 aliphatic heterocycles. The van der Waals surface area contributed by atoms with Gasteiger partial charge in [-0.15, -0.1) is 6.58 Å². The molecule has 1 aromatic heterocycles. The van der Waals surface area contributed by atoms with E-state index in [1.54, 1.807) is 0 Å². The first-order valence-corrected chi connectivity index (χ1v) is 8.90. The van der Waals surface area contributed by atoms with Crippen LogP contribution in [0.2, 0.25) is 0 Å². The summed E-state index contributed by atoms with van der Waals surface area (Å²) in [4.78, 5) is 11.6. The minimum Gasteiger partial charge on any atom is -0.444 e. The van der Waals surface area contributed by atoms with Crippen molar-refractivity contribution in [3.63, 3.8) is 0 Å². The molecule has 134 valence electrons. The van der Waals surface area contributed by atoms with Crippen LogP contribution in [0.1, 0.15) is 37.1 Å². The van der Waals surface area contributed by atoms with E-state index in [-0.39, 0.29) is 0 Å². The standard InChI is InChI=1S/C18H31N5O/c1-5-9-20-18(19-6-2)21-12-16-7-10-23(11-8-16)13-17-22-14(3)15(4)24-17/h5,16H,1,6-13H2,2-4H3,(H2,19,20,21). The van der Waals surface area contributed by atoms with Gasteiger partial charge in [0.05, 0.1) is 12.2 Å². The van der Waals surface area contributed by atoms with E-state index in [4.69, 9.17) is 9.41 Å². The molecule has 1 aliphatic rings. The van der Waals surface area contributed by atoms with Gasteiger partial charge in [0.2, 0.25) is 5.89 Å². The average Bonchev–Trinajstić information content (AvgIpc) is 2.89. The summed E-state index contributed by atoms with van der Waals surface area (Å²) in [5.74, 6) is 3.29. The number of nitrogens with one attached hydrogen (secondary N) is 2. The number of guanidine groups is 1. The lowest BCUT2D eigenvalue weighted by atomic mass is 9.97. The van der Waals surface area contributed by atoms with E-state index in [1.165, 1.54) is 12.8 Å². The van der Waals surface area contributed by atoms with Crippen LogP contribution in [-0.4, -0.2) is 48.6 Å². The van der Waals surface area contributed by atoms with Crippen LogP contribution in [-0.2, 0) is 6.54 Å². The summed E-state index contributed by atoms with van der Waals surface area (Å²) in [6.45, 7) is 15.2. The highest BCUT2D eigenvalue weighted by Crippen LogP contribution is 2.20. The molecular weight excluding hydrogens is 302 g/mol. The third-order valence-electron chi connectivity index (χ3n) is 4.40. The molecule has 1 saturated heterocycles. The number of hydrogen-bond donors (Lipinski definition) is 2. The van der Waals surface area contributed by atoms with Crippen molar-refractivity contribution < 1.29 is 4.42 Å². The number of rotatable bonds is 7. The fraction of sp³-hybridized carbons (Fsp3) is 0.667. The second-order valence-electron chi connectivity index (χ2n) is 6.36. The Kier molecular flexibility index (Phi) is 7.31. The van der Waals surface area contributed by atoms with Gasteiger partial charge in [-0.2, -0.15) is 0 Å². The summed E-state index contributed by atoms with van der Waals surface area (Å²) in [6, 6.07) is 0. The second-order valence-corrected chi connectivity index (χ2v) is 6.36. The Morgan fingerprint density at radius 2 is 2.12 bits per heavy atom. The lowest BCUT2D eigenvalue weighted by Crippen LogP contribution is -2.38. The van der Waals surface area contributed by atoms with E-state index in [1.807, 2.05) is 19.9 Å². The van der Waals surface area contributed by atoms with Crippen LogP contribution < -0.4 is 10.6 Å². The van der Waals surface area contributed by atoms with Crippen LogP contribution in [0.4, 0.5) is 0 Å². The minimum atomic E-state index is 0.647. The fourth-order valence-corrected chi connectivity index (χ4v) is 2.86. The Morgan fingerprint density at radius 3 is 2.71 bits per heavy atom. The number of aromatic nitrogens is 1. The van der Waals surface area contributed by atoms with Crippen LogP contribution >= 0.6 is 0 Å². The molecule has 2 N–H and O–H groups in total. The van der Waals surface area contributed by atoms with E-state index in [2.05, 4.69) is 34.0 Å². The highest BCUT2D eigenvalue weighted by atomic mass is 16.4. The van der Waals surface area contributed by atoms with Gasteiger partial charge in [0.25, 0.3) is 0 Å². The van der Waals surface area contributed by atoms with Gasteiger partial charge in [-0.3, -0.25) is 9.89 Å². The van der Waals surface area contributed by atoms with Crippen molar-refractivity contribution >= 4 is 5.96 Å². The third-order valence-corrected chi connectivity index (χ3v) is 4.40. The molecule has 0 unspecified atom stereocenters. The Bertz CT molecular complexity index is 524. The van der Waals surface area contributed by atoms with Crippen molar-refractivity contribution in [3.05, 3.63) is 30.0 Å². The van der Waals surface area contributed by atoms with E-state index in [9.17, 15) is 0 Å². The third kappa shape index (κ3) is 5.67. The smallest absolute Gasteiger partial charge is 0.208 e. The Balaban J connectivity index is 1.76. The molecule has 2 heterocycles. The summed E-state index contributed by atoms with van der Waals surface area (Å²) in [6.07, 6.45) is 4.18. The molecular formula is C18H31N5O.